The molecule has 1 N–H and O–H groups in total. The van der Waals surface area contributed by atoms with Crippen LogP contribution in [0.15, 0.2) is 41.8 Å². The van der Waals surface area contributed by atoms with Gasteiger partial charge in [-0.2, -0.15) is 0 Å². The van der Waals surface area contributed by atoms with Crippen molar-refractivity contribution < 1.29 is 19.4 Å². The summed E-state index contributed by atoms with van der Waals surface area (Å²) in [5.41, 5.74) is 5.75. The molecule has 0 spiro atoms. The fourth-order valence-electron chi connectivity index (χ4n) is 5.80. The molecule has 0 unspecified atom stereocenters. The molecular formula is C32H39N3O4S. The zero-order chi connectivity index (χ0) is 28.2. The topological polar surface area (TPSA) is 83.0 Å². The molecule has 212 valence electrons. The zero-order valence-corrected chi connectivity index (χ0v) is 24.5. The highest BCUT2D eigenvalue weighted by Crippen LogP contribution is 2.36. The molecule has 2 aromatic carbocycles. The number of carboxylic acids is 1. The summed E-state index contributed by atoms with van der Waals surface area (Å²) in [6.07, 6.45) is 7.14. The molecule has 1 aliphatic carbocycles. The van der Waals surface area contributed by atoms with E-state index in [0.717, 1.165) is 57.2 Å². The summed E-state index contributed by atoms with van der Waals surface area (Å²) >= 11 is 1.58. The lowest BCUT2D eigenvalue weighted by atomic mass is 9.94. The Morgan fingerprint density at radius 3 is 2.50 bits per heavy atom. The molecular weight excluding hydrogens is 522 g/mol. The van der Waals surface area contributed by atoms with Gasteiger partial charge in [-0.15, -0.1) is 11.3 Å². The van der Waals surface area contributed by atoms with Gasteiger partial charge in [0.1, 0.15) is 12.4 Å². The predicted octanol–water partition coefficient (Wildman–Crippen LogP) is 6.71. The number of carbonyl (C=O) groups is 2. The number of anilines is 1. The normalized spacial score (nSPS) is 16.6. The second-order valence-electron chi connectivity index (χ2n) is 11.3. The number of rotatable bonds is 8. The van der Waals surface area contributed by atoms with Gasteiger partial charge < -0.3 is 19.6 Å². The van der Waals surface area contributed by atoms with E-state index >= 15 is 0 Å². The number of amides is 1. The molecule has 2 fully saturated rings. The third kappa shape index (κ3) is 6.33. The number of thiazole rings is 1. The van der Waals surface area contributed by atoms with Crippen LogP contribution in [0.3, 0.4) is 0 Å². The number of piperidine rings is 1. The third-order valence-electron chi connectivity index (χ3n) is 8.43. The maximum atomic E-state index is 13.1. The number of aromatic nitrogens is 1. The van der Waals surface area contributed by atoms with E-state index in [1.54, 1.807) is 11.3 Å². The predicted molar refractivity (Wildman–Crippen MR) is 159 cm³/mol. The Morgan fingerprint density at radius 2 is 1.80 bits per heavy atom. The van der Waals surface area contributed by atoms with Gasteiger partial charge in [0.05, 0.1) is 11.6 Å². The van der Waals surface area contributed by atoms with Crippen molar-refractivity contribution in [1.82, 2.24) is 9.88 Å². The number of carboxylic acid groups (broad SMARTS) is 1. The molecule has 40 heavy (non-hydrogen) atoms. The van der Waals surface area contributed by atoms with Crippen molar-refractivity contribution >= 4 is 28.3 Å². The number of hydrogen-bond acceptors (Lipinski definition) is 6. The third-order valence-corrected chi connectivity index (χ3v) is 9.33. The quantitative estimate of drug-likeness (QED) is 0.329. The number of benzene rings is 2. The molecule has 1 aliphatic heterocycles. The fourth-order valence-corrected chi connectivity index (χ4v) is 6.68. The van der Waals surface area contributed by atoms with E-state index in [-0.39, 0.29) is 11.8 Å². The van der Waals surface area contributed by atoms with Crippen molar-refractivity contribution in [3.05, 3.63) is 64.0 Å². The van der Waals surface area contributed by atoms with Gasteiger partial charge in [-0.05, 0) is 74.9 Å². The summed E-state index contributed by atoms with van der Waals surface area (Å²) in [5, 5.41) is 12.3. The Morgan fingerprint density at radius 1 is 1.05 bits per heavy atom. The first-order valence-corrected chi connectivity index (χ1v) is 15.2. The molecule has 1 saturated carbocycles. The van der Waals surface area contributed by atoms with Gasteiger partial charge in [0, 0.05) is 42.7 Å². The maximum Gasteiger partial charge on any atom is 0.306 e. The van der Waals surface area contributed by atoms with Crippen molar-refractivity contribution in [2.45, 2.75) is 71.4 Å². The molecule has 2 aliphatic rings. The van der Waals surface area contributed by atoms with Crippen molar-refractivity contribution in [3.8, 4) is 17.0 Å². The minimum Gasteiger partial charge on any atom is -0.488 e. The van der Waals surface area contributed by atoms with Crippen molar-refractivity contribution in [2.24, 2.45) is 5.92 Å². The lowest BCUT2D eigenvalue weighted by Gasteiger charge is -2.31. The van der Waals surface area contributed by atoms with E-state index in [2.05, 4.69) is 23.3 Å². The minimum atomic E-state index is -0.704. The van der Waals surface area contributed by atoms with Gasteiger partial charge in [0.2, 0.25) is 0 Å². The number of nitrogens with zero attached hydrogens (tertiary/aromatic N) is 3. The van der Waals surface area contributed by atoms with Gasteiger partial charge in [0.15, 0.2) is 5.13 Å². The Bertz CT molecular complexity index is 1360. The molecule has 8 heteroatoms. The first kappa shape index (κ1) is 28.1. The molecule has 0 radical (unpaired) electrons. The summed E-state index contributed by atoms with van der Waals surface area (Å²) < 4.78 is 6.34. The average molecular weight is 562 g/mol. The summed E-state index contributed by atoms with van der Waals surface area (Å²) in [6.45, 7) is 5.90. The van der Waals surface area contributed by atoms with Crippen LogP contribution < -0.4 is 9.64 Å². The summed E-state index contributed by atoms with van der Waals surface area (Å²) in [5.74, 6) is -0.108. The van der Waals surface area contributed by atoms with E-state index in [4.69, 9.17) is 9.72 Å². The van der Waals surface area contributed by atoms with Crippen LogP contribution >= 0.6 is 11.3 Å². The van der Waals surface area contributed by atoms with Crippen LogP contribution in [-0.4, -0.2) is 53.0 Å². The van der Waals surface area contributed by atoms with Gasteiger partial charge in [-0.25, -0.2) is 4.98 Å². The Labute approximate surface area is 240 Å². The van der Waals surface area contributed by atoms with Crippen LogP contribution in [0.25, 0.3) is 11.3 Å². The maximum absolute atomic E-state index is 13.1. The highest BCUT2D eigenvalue weighted by atomic mass is 32.1. The largest absolute Gasteiger partial charge is 0.488 e. The van der Waals surface area contributed by atoms with E-state index in [1.165, 1.54) is 19.3 Å². The second-order valence-corrected chi connectivity index (χ2v) is 12.1. The van der Waals surface area contributed by atoms with Crippen molar-refractivity contribution in [3.63, 3.8) is 0 Å². The molecule has 1 amide bonds. The van der Waals surface area contributed by atoms with Gasteiger partial charge >= 0.3 is 5.97 Å². The van der Waals surface area contributed by atoms with E-state index in [9.17, 15) is 14.7 Å². The lowest BCUT2D eigenvalue weighted by Crippen LogP contribution is -2.38. The van der Waals surface area contributed by atoms with Gasteiger partial charge in [-0.3, -0.25) is 9.59 Å². The van der Waals surface area contributed by atoms with E-state index < -0.39 is 5.97 Å². The summed E-state index contributed by atoms with van der Waals surface area (Å²) in [7, 11) is 1.94. The highest BCUT2D eigenvalue weighted by molar-refractivity contribution is 7.14. The van der Waals surface area contributed by atoms with E-state index in [0.29, 0.717) is 38.6 Å². The summed E-state index contributed by atoms with van der Waals surface area (Å²) in [6, 6.07) is 12.4. The lowest BCUT2D eigenvalue weighted by molar-refractivity contribution is -0.142. The number of carbonyl (C=O) groups excluding carboxylic acids is 1. The van der Waals surface area contributed by atoms with Crippen LogP contribution in [0, 0.1) is 19.8 Å². The molecule has 5 rings (SSSR count). The smallest absolute Gasteiger partial charge is 0.306 e. The molecule has 0 atom stereocenters. The fraction of sp³-hybridized carbons (Fsp3) is 0.469. The van der Waals surface area contributed by atoms with Crippen molar-refractivity contribution in [2.75, 3.05) is 25.0 Å². The van der Waals surface area contributed by atoms with Crippen LogP contribution in [-0.2, 0) is 11.4 Å². The highest BCUT2D eigenvalue weighted by Gasteiger charge is 2.26. The Kier molecular flexibility index (Phi) is 8.74. The Balaban J connectivity index is 1.27. The van der Waals surface area contributed by atoms with Crippen LogP contribution in [0.5, 0.6) is 5.75 Å². The van der Waals surface area contributed by atoms with Crippen molar-refractivity contribution in [1.29, 1.82) is 0 Å². The number of hydrogen-bond donors (Lipinski definition) is 1. The SMILES string of the molecule is Cc1ccc(OCc2ccc(C(=O)N(C)C3CCCCC3)cc2C)c(-c2csc(N3CCC(C(=O)O)CC3)n2)c1. The zero-order valence-electron chi connectivity index (χ0n) is 23.7. The minimum absolute atomic E-state index is 0.0924. The first-order chi connectivity index (χ1) is 19.3. The average Bonchev–Trinajstić information content (AvgIpc) is 3.47. The van der Waals surface area contributed by atoms with Gasteiger partial charge in [0.25, 0.3) is 5.91 Å². The van der Waals surface area contributed by atoms with Gasteiger partial charge in [-0.1, -0.05) is 37.0 Å². The molecule has 2 heterocycles. The molecule has 1 saturated heterocycles. The summed E-state index contributed by atoms with van der Waals surface area (Å²) in [4.78, 5) is 33.5. The molecule has 1 aromatic heterocycles. The number of aryl methyl sites for hydroxylation is 2. The van der Waals surface area contributed by atoms with Crippen LogP contribution in [0.4, 0.5) is 5.13 Å². The van der Waals surface area contributed by atoms with E-state index in [1.807, 2.05) is 49.2 Å². The van der Waals surface area contributed by atoms with Crippen LogP contribution in [0.2, 0.25) is 0 Å². The first-order valence-electron chi connectivity index (χ1n) is 14.3. The standard InChI is InChI=1S/C32H39N3O4S/c1-21-9-12-29(27(17-21)28-20-40-32(33-28)35-15-13-23(14-16-35)31(37)38)39-19-25-11-10-24(18-22(25)2)30(36)34(3)26-7-5-4-6-8-26/h9-12,17-18,20,23,26H,4-8,13-16,19H2,1-3H3,(H,37,38). The van der Waals surface area contributed by atoms with Crippen LogP contribution in [0.1, 0.15) is 72.0 Å². The number of ether oxygens (including phenoxy) is 1. The molecule has 3 aromatic rings. The molecule has 7 nitrogen and oxygen atoms in total. The monoisotopic (exact) mass is 561 g/mol. The Hall–Kier alpha value is -3.39. The number of aliphatic carboxylic acids is 1. The molecule has 0 bridgehead atoms. The second kappa shape index (κ2) is 12.4.